The molecule has 4 rings (SSSR count). The number of aromatic amines is 1. The van der Waals surface area contributed by atoms with Crippen LogP contribution in [0.2, 0.25) is 0 Å². The van der Waals surface area contributed by atoms with Crippen molar-refractivity contribution in [3.63, 3.8) is 0 Å². The minimum absolute atomic E-state index is 0.00349. The normalized spacial score (nSPS) is 13.8. The van der Waals surface area contributed by atoms with Crippen molar-refractivity contribution in [3.05, 3.63) is 59.3 Å². The molecule has 0 saturated heterocycles. The van der Waals surface area contributed by atoms with E-state index in [1.54, 1.807) is 32.4 Å². The molecule has 1 amide bonds. The summed E-state index contributed by atoms with van der Waals surface area (Å²) in [4.78, 5) is 19.5. The largest absolute Gasteiger partial charge is 0.493 e. The Labute approximate surface area is 253 Å². The first-order valence-electron chi connectivity index (χ1n) is 13.9. The molecule has 0 spiro atoms. The van der Waals surface area contributed by atoms with Gasteiger partial charge in [0, 0.05) is 57.2 Å². The highest BCUT2D eigenvalue weighted by molar-refractivity contribution is 6.16. The molecule has 0 fully saturated rings. The van der Waals surface area contributed by atoms with Gasteiger partial charge in [-0.2, -0.15) is 5.10 Å². The summed E-state index contributed by atoms with van der Waals surface area (Å²) in [5, 5.41) is 19.5. The molecule has 1 aliphatic rings. The van der Waals surface area contributed by atoms with E-state index < -0.39 is 23.8 Å². The number of ether oxygens (including phenoxy) is 4. The van der Waals surface area contributed by atoms with Gasteiger partial charge in [0.25, 0.3) is 0 Å². The van der Waals surface area contributed by atoms with Crippen LogP contribution in [0.5, 0.6) is 11.5 Å². The van der Waals surface area contributed by atoms with Crippen LogP contribution < -0.4 is 25.4 Å². The van der Waals surface area contributed by atoms with E-state index in [1.165, 1.54) is 24.1 Å². The lowest BCUT2D eigenvalue weighted by atomic mass is 10.1. The van der Waals surface area contributed by atoms with Gasteiger partial charge in [-0.1, -0.05) is 6.07 Å². The summed E-state index contributed by atoms with van der Waals surface area (Å²) in [5.74, 6) is -1.26. The zero-order valence-corrected chi connectivity index (χ0v) is 24.8. The van der Waals surface area contributed by atoms with Gasteiger partial charge in [0.15, 0.2) is 35.2 Å². The Morgan fingerprint density at radius 1 is 1.18 bits per heavy atom. The molecule has 0 bridgehead atoms. The highest BCUT2D eigenvalue weighted by Gasteiger charge is 2.29. The molecule has 1 aliphatic heterocycles. The van der Waals surface area contributed by atoms with Crippen LogP contribution in [0.4, 0.5) is 26.0 Å². The van der Waals surface area contributed by atoms with Gasteiger partial charge in [-0.25, -0.2) is 13.8 Å². The van der Waals surface area contributed by atoms with Gasteiger partial charge in [-0.05, 0) is 24.6 Å². The Bertz CT molecular complexity index is 1450. The van der Waals surface area contributed by atoms with E-state index in [2.05, 4.69) is 20.5 Å². The predicted octanol–water partition coefficient (Wildman–Crippen LogP) is 2.37. The number of primary amides is 1. The number of nitrogens with one attached hydrogen (secondary N) is 2. The Morgan fingerprint density at radius 3 is 2.68 bits per heavy atom. The molecule has 238 valence electrons. The quantitative estimate of drug-likeness (QED) is 0.139. The highest BCUT2D eigenvalue weighted by atomic mass is 19.2. The van der Waals surface area contributed by atoms with Crippen LogP contribution in [0.1, 0.15) is 17.7 Å². The summed E-state index contributed by atoms with van der Waals surface area (Å²) in [5.41, 5.74) is 6.84. The number of H-pyrrole nitrogens is 1. The molecule has 0 atom stereocenters. The zero-order chi connectivity index (χ0) is 31.6. The number of amidine groups is 1. The number of amides is 1. The van der Waals surface area contributed by atoms with E-state index in [0.717, 1.165) is 6.07 Å². The second kappa shape index (κ2) is 15.4. The molecule has 15 heteroatoms. The van der Waals surface area contributed by atoms with E-state index in [-0.39, 0.29) is 37.0 Å². The monoisotopic (exact) mass is 617 g/mol. The standard InChI is InChI=1S/C29H37F2N7O6/c1-41-23-14-19-21(15-24(23)44-11-5-8-37(9-10-39)16-27(42-2)43-3)33-17-38(22-7-4-6-20(30)28(22)31)29(19)34-26-13-18(35-36-26)12-25(32)40/h4,6-7,13-15,27,33,39H,5,8-12,16-17H2,1-3H3,(H2,32,40)(H,35,36). The third-order valence-corrected chi connectivity index (χ3v) is 6.88. The molecule has 0 saturated carbocycles. The lowest BCUT2D eigenvalue weighted by Gasteiger charge is -2.33. The third kappa shape index (κ3) is 7.99. The summed E-state index contributed by atoms with van der Waals surface area (Å²) in [7, 11) is 4.61. The number of nitrogens with zero attached hydrogens (tertiary/aromatic N) is 4. The van der Waals surface area contributed by atoms with Crippen LogP contribution >= 0.6 is 0 Å². The molecule has 3 aromatic rings. The van der Waals surface area contributed by atoms with Crippen LogP contribution in [-0.4, -0.2) is 99.1 Å². The second-order valence-electron chi connectivity index (χ2n) is 9.84. The van der Waals surface area contributed by atoms with Gasteiger partial charge in [0.2, 0.25) is 5.91 Å². The summed E-state index contributed by atoms with van der Waals surface area (Å²) in [6.07, 6.45) is 0.158. The van der Waals surface area contributed by atoms with Gasteiger partial charge in [-0.15, -0.1) is 0 Å². The van der Waals surface area contributed by atoms with E-state index in [0.29, 0.717) is 61.1 Å². The van der Waals surface area contributed by atoms with Crippen LogP contribution in [0.3, 0.4) is 0 Å². The number of aliphatic hydroxyl groups is 1. The molecule has 5 N–H and O–H groups in total. The minimum atomic E-state index is -1.04. The Morgan fingerprint density at radius 2 is 1.98 bits per heavy atom. The molecule has 2 aromatic carbocycles. The van der Waals surface area contributed by atoms with Crippen molar-refractivity contribution in [2.45, 2.75) is 19.1 Å². The van der Waals surface area contributed by atoms with Gasteiger partial charge >= 0.3 is 0 Å². The molecule has 1 aromatic heterocycles. The van der Waals surface area contributed by atoms with Crippen molar-refractivity contribution in [3.8, 4) is 11.5 Å². The number of halogens is 2. The lowest BCUT2D eigenvalue weighted by molar-refractivity contribution is -0.117. The number of hydrogen-bond donors (Lipinski definition) is 4. The van der Waals surface area contributed by atoms with Crippen molar-refractivity contribution in [1.82, 2.24) is 15.1 Å². The molecule has 13 nitrogen and oxygen atoms in total. The van der Waals surface area contributed by atoms with Crippen molar-refractivity contribution >= 4 is 28.9 Å². The molecular formula is C29H37F2N7O6. The van der Waals surface area contributed by atoms with Crippen molar-refractivity contribution in [2.75, 3.05) is 71.1 Å². The van der Waals surface area contributed by atoms with Crippen molar-refractivity contribution < 1.29 is 37.6 Å². The topological polar surface area (TPSA) is 160 Å². The first-order valence-corrected chi connectivity index (χ1v) is 13.9. The summed E-state index contributed by atoms with van der Waals surface area (Å²) in [6, 6.07) is 8.88. The average Bonchev–Trinajstić information content (AvgIpc) is 3.45. The fourth-order valence-electron chi connectivity index (χ4n) is 4.72. The second-order valence-corrected chi connectivity index (χ2v) is 9.84. The summed E-state index contributed by atoms with van der Waals surface area (Å²) < 4.78 is 51.5. The van der Waals surface area contributed by atoms with Crippen LogP contribution in [0.15, 0.2) is 41.4 Å². The number of nitrogens with two attached hydrogens (primary N) is 1. The van der Waals surface area contributed by atoms with Crippen LogP contribution in [-0.2, 0) is 20.7 Å². The van der Waals surface area contributed by atoms with Crippen molar-refractivity contribution in [1.29, 1.82) is 0 Å². The van der Waals surface area contributed by atoms with E-state index >= 15 is 0 Å². The lowest BCUT2D eigenvalue weighted by Crippen LogP contribution is -2.41. The SMILES string of the molecule is COc1cc2c(cc1OCCCN(CCO)CC(OC)OC)NCN(c1cccc(F)c1F)C2=Nc1cc(CC(N)=O)[nH]n1. The summed E-state index contributed by atoms with van der Waals surface area (Å²) >= 11 is 0. The number of carbonyl (C=O) groups excluding carboxylic acids is 1. The molecule has 44 heavy (non-hydrogen) atoms. The smallest absolute Gasteiger partial charge is 0.223 e. The Hall–Kier alpha value is -4.31. The number of hydrogen-bond acceptors (Lipinski definition) is 10. The number of methoxy groups -OCH3 is 3. The fourth-order valence-corrected chi connectivity index (χ4v) is 4.72. The Balaban J connectivity index is 1.61. The predicted molar refractivity (Wildman–Crippen MR) is 159 cm³/mol. The fraction of sp³-hybridized carbons (Fsp3) is 0.414. The van der Waals surface area contributed by atoms with Gasteiger partial charge < -0.3 is 40.0 Å². The highest BCUT2D eigenvalue weighted by Crippen LogP contribution is 2.38. The van der Waals surface area contributed by atoms with Gasteiger partial charge in [0.05, 0.1) is 44.8 Å². The number of carbonyl (C=O) groups is 1. The molecule has 0 unspecified atom stereocenters. The van der Waals surface area contributed by atoms with E-state index in [4.69, 9.17) is 24.7 Å². The van der Waals surface area contributed by atoms with E-state index in [9.17, 15) is 18.7 Å². The third-order valence-electron chi connectivity index (χ3n) is 6.88. The molecule has 0 radical (unpaired) electrons. The maximum absolute atomic E-state index is 15.0. The number of fused-ring (bicyclic) bond motifs is 1. The first kappa shape index (κ1) is 32.6. The maximum Gasteiger partial charge on any atom is 0.223 e. The minimum Gasteiger partial charge on any atom is -0.493 e. The first-order chi connectivity index (χ1) is 21.3. The number of aliphatic imine (C=N–C) groups is 1. The number of aliphatic hydroxyl groups excluding tert-OH is 1. The average molecular weight is 618 g/mol. The maximum atomic E-state index is 15.0. The number of benzene rings is 2. The zero-order valence-electron chi connectivity index (χ0n) is 24.8. The van der Waals surface area contributed by atoms with E-state index in [1.807, 2.05) is 4.90 Å². The van der Waals surface area contributed by atoms with Crippen LogP contribution in [0, 0.1) is 11.6 Å². The van der Waals surface area contributed by atoms with Crippen molar-refractivity contribution in [2.24, 2.45) is 10.7 Å². The Kier molecular flexibility index (Phi) is 11.4. The number of rotatable bonds is 16. The number of anilines is 2. The summed E-state index contributed by atoms with van der Waals surface area (Å²) in [6.45, 7) is 1.97. The number of aromatic nitrogens is 2. The molecular weight excluding hydrogens is 580 g/mol. The van der Waals surface area contributed by atoms with Gasteiger partial charge in [-0.3, -0.25) is 14.8 Å². The molecule has 0 aliphatic carbocycles. The molecule has 2 heterocycles. The van der Waals surface area contributed by atoms with Crippen LogP contribution in [0.25, 0.3) is 0 Å². The van der Waals surface area contributed by atoms with Gasteiger partial charge in [0.1, 0.15) is 5.84 Å².